The van der Waals surface area contributed by atoms with Gasteiger partial charge < -0.3 is 4.65 Å². The van der Waals surface area contributed by atoms with E-state index >= 15 is 0 Å². The summed E-state index contributed by atoms with van der Waals surface area (Å²) in [5.74, 6) is 1.71. The summed E-state index contributed by atoms with van der Waals surface area (Å²) < 4.78 is 5.26. The predicted octanol–water partition coefficient (Wildman–Crippen LogP) is 1.45. The van der Waals surface area contributed by atoms with Crippen molar-refractivity contribution in [3.8, 4) is 0 Å². The monoisotopic (exact) mass is 126 g/mol. The van der Waals surface area contributed by atoms with E-state index in [4.69, 9.17) is 4.65 Å². The molecule has 1 heterocycles. The van der Waals surface area contributed by atoms with E-state index in [1.54, 1.807) is 0 Å². The maximum Gasteiger partial charge on any atom is 0.275 e. The summed E-state index contributed by atoms with van der Waals surface area (Å²) >= 11 is 0. The van der Waals surface area contributed by atoms with Gasteiger partial charge in [-0.2, -0.15) is 0 Å². The summed E-state index contributed by atoms with van der Waals surface area (Å²) in [5, 5.41) is 0. The maximum atomic E-state index is 5.26. The van der Waals surface area contributed by atoms with Gasteiger partial charge in [-0.15, -0.1) is 0 Å². The Morgan fingerprint density at radius 1 is 1.67 bits per heavy atom. The van der Waals surface area contributed by atoms with E-state index in [9.17, 15) is 0 Å². The van der Waals surface area contributed by atoms with Crippen LogP contribution in [0, 0.1) is 11.8 Å². The number of hydrogen-bond acceptors (Lipinski definition) is 1. The van der Waals surface area contributed by atoms with Crippen LogP contribution in [0.25, 0.3) is 0 Å². The average molecular weight is 126 g/mol. The van der Waals surface area contributed by atoms with E-state index < -0.39 is 0 Å². The molecular formula is C7H15BO. The smallest absolute Gasteiger partial charge is 0.275 e. The summed E-state index contributed by atoms with van der Waals surface area (Å²) in [5.41, 5.74) is 0. The minimum absolute atomic E-state index is 0.844. The largest absolute Gasteiger partial charge is 0.439 e. The van der Waals surface area contributed by atoms with Crippen molar-refractivity contribution < 1.29 is 4.65 Å². The van der Waals surface area contributed by atoms with Crippen LogP contribution >= 0.6 is 0 Å². The van der Waals surface area contributed by atoms with Crippen LogP contribution in [0.1, 0.15) is 20.3 Å². The summed E-state index contributed by atoms with van der Waals surface area (Å²) in [7, 11) is 0.997. The van der Waals surface area contributed by atoms with Crippen molar-refractivity contribution >= 4 is 7.48 Å². The quantitative estimate of drug-likeness (QED) is 0.508. The molecule has 1 aliphatic heterocycles. The fourth-order valence-corrected chi connectivity index (χ4v) is 1.44. The van der Waals surface area contributed by atoms with Gasteiger partial charge in [-0.05, 0) is 24.6 Å². The Morgan fingerprint density at radius 3 is 2.89 bits per heavy atom. The standard InChI is InChI=1S/C7H15BO/c1-6(2)3-7-4-8-9-5-7/h6-8H,3-5H2,1-2H3. The first-order chi connectivity index (χ1) is 4.29. The van der Waals surface area contributed by atoms with Gasteiger partial charge in [0.25, 0.3) is 7.48 Å². The normalized spacial score (nSPS) is 26.8. The molecule has 0 aliphatic carbocycles. The van der Waals surface area contributed by atoms with Gasteiger partial charge in [0.15, 0.2) is 0 Å². The zero-order valence-corrected chi connectivity index (χ0v) is 6.39. The second-order valence-corrected chi connectivity index (χ2v) is 3.36. The first-order valence-corrected chi connectivity index (χ1v) is 3.87. The molecule has 1 nitrogen and oxygen atoms in total. The topological polar surface area (TPSA) is 9.23 Å². The second kappa shape index (κ2) is 3.26. The van der Waals surface area contributed by atoms with Gasteiger partial charge in [-0.3, -0.25) is 0 Å². The molecule has 0 aromatic carbocycles. The highest BCUT2D eigenvalue weighted by molar-refractivity contribution is 6.28. The summed E-state index contributed by atoms with van der Waals surface area (Å²) in [6.07, 6.45) is 2.64. The Hall–Kier alpha value is 0.0249. The molecule has 52 valence electrons. The molecule has 0 aromatic rings. The lowest BCUT2D eigenvalue weighted by atomic mass is 9.85. The van der Waals surface area contributed by atoms with Crippen molar-refractivity contribution in [2.24, 2.45) is 11.8 Å². The molecule has 0 amide bonds. The Morgan fingerprint density at radius 2 is 2.44 bits per heavy atom. The van der Waals surface area contributed by atoms with Gasteiger partial charge in [-0.25, -0.2) is 0 Å². The van der Waals surface area contributed by atoms with Crippen molar-refractivity contribution in [3.05, 3.63) is 0 Å². The Bertz CT molecular complexity index is 77.0. The highest BCUT2D eigenvalue weighted by Crippen LogP contribution is 2.20. The fraction of sp³-hybridized carbons (Fsp3) is 1.00. The lowest BCUT2D eigenvalue weighted by Crippen LogP contribution is -2.02. The van der Waals surface area contributed by atoms with Gasteiger partial charge in [0.1, 0.15) is 0 Å². The van der Waals surface area contributed by atoms with Crippen LogP contribution in [-0.4, -0.2) is 14.1 Å². The Labute approximate surface area is 58.1 Å². The average Bonchev–Trinajstić information content (AvgIpc) is 2.15. The van der Waals surface area contributed by atoms with Crippen molar-refractivity contribution in [1.29, 1.82) is 0 Å². The van der Waals surface area contributed by atoms with E-state index in [2.05, 4.69) is 13.8 Å². The summed E-state index contributed by atoms with van der Waals surface area (Å²) in [6.45, 7) is 5.56. The van der Waals surface area contributed by atoms with Gasteiger partial charge in [0.2, 0.25) is 0 Å². The molecule has 0 spiro atoms. The number of rotatable bonds is 2. The first-order valence-electron chi connectivity index (χ1n) is 3.87. The van der Waals surface area contributed by atoms with Gasteiger partial charge in [0, 0.05) is 6.61 Å². The van der Waals surface area contributed by atoms with E-state index in [1.165, 1.54) is 12.7 Å². The molecule has 1 atom stereocenters. The summed E-state index contributed by atoms with van der Waals surface area (Å²) in [6, 6.07) is 0. The molecule has 1 aliphatic rings. The minimum atomic E-state index is 0.844. The SMILES string of the molecule is CC(C)CC1CBOC1. The molecular weight excluding hydrogens is 111 g/mol. The van der Waals surface area contributed by atoms with Crippen LogP contribution < -0.4 is 0 Å². The second-order valence-electron chi connectivity index (χ2n) is 3.36. The summed E-state index contributed by atoms with van der Waals surface area (Å²) in [4.78, 5) is 0. The van der Waals surface area contributed by atoms with E-state index in [0.29, 0.717) is 0 Å². The highest BCUT2D eigenvalue weighted by Gasteiger charge is 2.17. The molecule has 0 saturated carbocycles. The molecule has 1 saturated heterocycles. The van der Waals surface area contributed by atoms with Crippen LogP contribution in [0.2, 0.25) is 6.32 Å². The third-order valence-corrected chi connectivity index (χ3v) is 1.83. The van der Waals surface area contributed by atoms with Crippen LogP contribution in [0.15, 0.2) is 0 Å². The fourth-order valence-electron chi connectivity index (χ4n) is 1.44. The van der Waals surface area contributed by atoms with Crippen LogP contribution in [0.4, 0.5) is 0 Å². The Kier molecular flexibility index (Phi) is 2.58. The molecule has 0 aromatic heterocycles. The van der Waals surface area contributed by atoms with E-state index in [0.717, 1.165) is 25.9 Å². The zero-order valence-electron chi connectivity index (χ0n) is 6.39. The predicted molar refractivity (Wildman–Crippen MR) is 40.9 cm³/mol. The zero-order chi connectivity index (χ0) is 6.69. The molecule has 0 radical (unpaired) electrons. The first kappa shape index (κ1) is 7.14. The third-order valence-electron chi connectivity index (χ3n) is 1.83. The lowest BCUT2D eigenvalue weighted by molar-refractivity contribution is 0.295. The van der Waals surface area contributed by atoms with Gasteiger partial charge in [0.05, 0.1) is 0 Å². The van der Waals surface area contributed by atoms with Crippen LogP contribution in [0.3, 0.4) is 0 Å². The van der Waals surface area contributed by atoms with Crippen molar-refractivity contribution in [1.82, 2.24) is 0 Å². The van der Waals surface area contributed by atoms with Gasteiger partial charge >= 0.3 is 0 Å². The molecule has 0 N–H and O–H groups in total. The van der Waals surface area contributed by atoms with Crippen LogP contribution in [-0.2, 0) is 4.65 Å². The molecule has 1 fully saturated rings. The molecule has 9 heavy (non-hydrogen) atoms. The van der Waals surface area contributed by atoms with Gasteiger partial charge in [-0.1, -0.05) is 13.8 Å². The molecule has 1 unspecified atom stereocenters. The Balaban J connectivity index is 2.11. The van der Waals surface area contributed by atoms with Crippen LogP contribution in [0.5, 0.6) is 0 Å². The molecule has 2 heteroatoms. The van der Waals surface area contributed by atoms with Crippen molar-refractivity contribution in [3.63, 3.8) is 0 Å². The highest BCUT2D eigenvalue weighted by atomic mass is 16.4. The maximum absolute atomic E-state index is 5.26. The van der Waals surface area contributed by atoms with Crippen molar-refractivity contribution in [2.75, 3.05) is 6.61 Å². The van der Waals surface area contributed by atoms with Crippen molar-refractivity contribution in [2.45, 2.75) is 26.6 Å². The lowest BCUT2D eigenvalue weighted by Gasteiger charge is -2.09. The van der Waals surface area contributed by atoms with E-state index in [-0.39, 0.29) is 0 Å². The van der Waals surface area contributed by atoms with E-state index in [1.807, 2.05) is 0 Å². The molecule has 1 rings (SSSR count). The minimum Gasteiger partial charge on any atom is -0.439 e. The number of hydrogen-bond donors (Lipinski definition) is 0. The third kappa shape index (κ3) is 2.40. The molecule has 0 bridgehead atoms.